The monoisotopic (exact) mass is 370 g/mol. The minimum atomic E-state index is -3.30. The molecule has 0 unspecified atom stereocenters. The lowest BCUT2D eigenvalue weighted by Gasteiger charge is -2.14. The fraction of sp³-hybridized carbons (Fsp3) is 0.278. The Morgan fingerprint density at radius 2 is 1.88 bits per heavy atom. The number of pyridine rings is 1. The van der Waals surface area contributed by atoms with Crippen LogP contribution in [0.1, 0.15) is 19.8 Å². The van der Waals surface area contributed by atoms with Crippen LogP contribution in [0.3, 0.4) is 0 Å². The van der Waals surface area contributed by atoms with Gasteiger partial charge in [0.15, 0.2) is 15.4 Å². The fourth-order valence-corrected chi connectivity index (χ4v) is 3.30. The van der Waals surface area contributed by atoms with Crippen LogP contribution >= 0.6 is 0 Å². The second-order valence-corrected chi connectivity index (χ2v) is 8.82. The Morgan fingerprint density at radius 1 is 1.12 bits per heavy atom. The SMILES string of the molecule is CC1(Oc2nc(N)nc3ccc(-c4cccc(S(C)(=O)=O)c4)nc23)CC1. The molecule has 0 aliphatic heterocycles. The number of benzene rings is 1. The van der Waals surface area contributed by atoms with Crippen molar-refractivity contribution in [1.82, 2.24) is 15.0 Å². The molecular formula is C18H18N4O3S. The molecule has 2 N–H and O–H groups in total. The maximum atomic E-state index is 11.8. The highest BCUT2D eigenvalue weighted by molar-refractivity contribution is 7.90. The Hall–Kier alpha value is -2.74. The molecule has 4 rings (SSSR count). The van der Waals surface area contributed by atoms with E-state index in [4.69, 9.17) is 10.5 Å². The summed E-state index contributed by atoms with van der Waals surface area (Å²) in [4.78, 5) is 13.3. The normalized spacial score (nSPS) is 15.8. The maximum Gasteiger partial charge on any atom is 0.246 e. The summed E-state index contributed by atoms with van der Waals surface area (Å²) in [6, 6.07) is 10.2. The molecule has 2 aromatic heterocycles. The van der Waals surface area contributed by atoms with Crippen molar-refractivity contribution in [3.8, 4) is 17.1 Å². The summed E-state index contributed by atoms with van der Waals surface area (Å²) in [7, 11) is -3.30. The largest absolute Gasteiger partial charge is 0.470 e. The van der Waals surface area contributed by atoms with Gasteiger partial charge in [0.25, 0.3) is 0 Å². The second kappa shape index (κ2) is 5.63. The number of fused-ring (bicyclic) bond motifs is 1. The standard InChI is InChI=1S/C18H18N4O3S/c1-18(8-9-18)25-16-15-14(21-17(19)22-16)7-6-13(20-15)11-4-3-5-12(10-11)26(2,23)24/h3-7,10H,8-9H2,1-2H3,(H2,19,21,22). The molecule has 26 heavy (non-hydrogen) atoms. The lowest BCUT2D eigenvalue weighted by molar-refractivity contribution is 0.194. The van der Waals surface area contributed by atoms with E-state index < -0.39 is 9.84 Å². The van der Waals surface area contributed by atoms with E-state index in [1.165, 1.54) is 6.26 Å². The van der Waals surface area contributed by atoms with Gasteiger partial charge in [-0.05, 0) is 44.0 Å². The van der Waals surface area contributed by atoms with Crippen molar-refractivity contribution in [2.45, 2.75) is 30.3 Å². The molecule has 1 aliphatic rings. The minimum Gasteiger partial charge on any atom is -0.470 e. The molecular weight excluding hydrogens is 352 g/mol. The summed E-state index contributed by atoms with van der Waals surface area (Å²) in [5.41, 5.74) is 7.94. The molecule has 134 valence electrons. The van der Waals surface area contributed by atoms with Crippen LogP contribution in [0.4, 0.5) is 5.95 Å². The zero-order valence-corrected chi connectivity index (χ0v) is 15.2. The van der Waals surface area contributed by atoms with Crippen molar-refractivity contribution in [1.29, 1.82) is 0 Å². The summed E-state index contributed by atoms with van der Waals surface area (Å²) in [5, 5.41) is 0. The average Bonchev–Trinajstić information content (AvgIpc) is 3.31. The highest BCUT2D eigenvalue weighted by Crippen LogP contribution is 2.40. The van der Waals surface area contributed by atoms with Gasteiger partial charge in [0.1, 0.15) is 5.60 Å². The highest BCUT2D eigenvalue weighted by Gasteiger charge is 2.41. The van der Waals surface area contributed by atoms with Crippen LogP contribution in [-0.2, 0) is 9.84 Å². The van der Waals surface area contributed by atoms with Crippen LogP contribution in [0.2, 0.25) is 0 Å². The molecule has 0 spiro atoms. The van der Waals surface area contributed by atoms with Crippen molar-refractivity contribution in [3.63, 3.8) is 0 Å². The van der Waals surface area contributed by atoms with Crippen molar-refractivity contribution in [2.75, 3.05) is 12.0 Å². The van der Waals surface area contributed by atoms with Gasteiger partial charge in [-0.1, -0.05) is 12.1 Å². The topological polar surface area (TPSA) is 108 Å². The predicted molar refractivity (Wildman–Crippen MR) is 98.6 cm³/mol. The van der Waals surface area contributed by atoms with Gasteiger partial charge in [-0.15, -0.1) is 0 Å². The first-order valence-corrected chi connectivity index (χ1v) is 10.1. The molecule has 3 aromatic rings. The van der Waals surface area contributed by atoms with Crippen molar-refractivity contribution >= 4 is 26.8 Å². The van der Waals surface area contributed by atoms with Gasteiger partial charge in [0, 0.05) is 11.8 Å². The molecule has 0 amide bonds. The zero-order valence-electron chi connectivity index (χ0n) is 14.4. The van der Waals surface area contributed by atoms with Gasteiger partial charge in [0.2, 0.25) is 11.8 Å². The second-order valence-electron chi connectivity index (χ2n) is 6.80. The summed E-state index contributed by atoms with van der Waals surface area (Å²) in [6.07, 6.45) is 3.09. The van der Waals surface area contributed by atoms with Gasteiger partial charge >= 0.3 is 0 Å². The Kier molecular flexibility index (Phi) is 3.62. The van der Waals surface area contributed by atoms with E-state index in [0.717, 1.165) is 12.8 Å². The predicted octanol–water partition coefficient (Wildman–Crippen LogP) is 2.61. The van der Waals surface area contributed by atoms with Crippen LogP contribution in [-0.4, -0.2) is 35.2 Å². The number of aromatic nitrogens is 3. The van der Waals surface area contributed by atoms with Crippen molar-refractivity contribution < 1.29 is 13.2 Å². The first-order chi connectivity index (χ1) is 12.2. The van der Waals surface area contributed by atoms with E-state index in [-0.39, 0.29) is 16.4 Å². The molecule has 0 atom stereocenters. The van der Waals surface area contributed by atoms with E-state index in [1.54, 1.807) is 30.3 Å². The van der Waals surface area contributed by atoms with E-state index in [2.05, 4.69) is 15.0 Å². The molecule has 0 saturated heterocycles. The van der Waals surface area contributed by atoms with Crippen LogP contribution in [0.25, 0.3) is 22.3 Å². The average molecular weight is 370 g/mol. The molecule has 1 aliphatic carbocycles. The van der Waals surface area contributed by atoms with Crippen molar-refractivity contribution in [2.24, 2.45) is 0 Å². The van der Waals surface area contributed by atoms with Gasteiger partial charge in [-0.2, -0.15) is 4.98 Å². The van der Waals surface area contributed by atoms with Gasteiger partial charge in [0.05, 0.1) is 16.1 Å². The summed E-state index contributed by atoms with van der Waals surface area (Å²) < 4.78 is 29.6. The molecule has 8 heteroatoms. The van der Waals surface area contributed by atoms with Crippen molar-refractivity contribution in [3.05, 3.63) is 36.4 Å². The molecule has 0 radical (unpaired) electrons. The summed E-state index contributed by atoms with van der Waals surface area (Å²) in [6.45, 7) is 2.01. The van der Waals surface area contributed by atoms with E-state index >= 15 is 0 Å². The molecule has 1 saturated carbocycles. The smallest absolute Gasteiger partial charge is 0.246 e. The zero-order chi connectivity index (χ0) is 18.5. The number of ether oxygens (including phenoxy) is 1. The van der Waals surface area contributed by atoms with Gasteiger partial charge < -0.3 is 10.5 Å². The number of nitrogen functional groups attached to an aromatic ring is 1. The van der Waals surface area contributed by atoms with Crippen LogP contribution < -0.4 is 10.5 Å². The van der Waals surface area contributed by atoms with Crippen LogP contribution in [0, 0.1) is 0 Å². The fourth-order valence-electron chi connectivity index (χ4n) is 2.63. The first-order valence-electron chi connectivity index (χ1n) is 8.17. The Balaban J connectivity index is 1.85. The minimum absolute atomic E-state index is 0.130. The first kappa shape index (κ1) is 16.7. The lowest BCUT2D eigenvalue weighted by Crippen LogP contribution is -2.14. The number of hydrogen-bond donors (Lipinski definition) is 1. The van der Waals surface area contributed by atoms with E-state index in [9.17, 15) is 8.42 Å². The van der Waals surface area contributed by atoms with E-state index in [1.807, 2.05) is 13.0 Å². The van der Waals surface area contributed by atoms with Gasteiger partial charge in [-0.3, -0.25) is 0 Å². The number of rotatable bonds is 4. The van der Waals surface area contributed by atoms with Gasteiger partial charge in [-0.25, -0.2) is 18.4 Å². The number of anilines is 1. The highest BCUT2D eigenvalue weighted by atomic mass is 32.2. The molecule has 0 bridgehead atoms. The quantitative estimate of drug-likeness (QED) is 0.752. The summed E-state index contributed by atoms with van der Waals surface area (Å²) >= 11 is 0. The molecule has 1 fully saturated rings. The molecule has 7 nitrogen and oxygen atoms in total. The summed E-state index contributed by atoms with van der Waals surface area (Å²) in [5.74, 6) is 0.485. The third-order valence-corrected chi connectivity index (χ3v) is 5.49. The maximum absolute atomic E-state index is 11.8. The number of sulfone groups is 1. The lowest BCUT2D eigenvalue weighted by atomic mass is 10.1. The van der Waals surface area contributed by atoms with Crippen LogP contribution in [0.5, 0.6) is 5.88 Å². The molecule has 1 aromatic carbocycles. The number of nitrogens with zero attached hydrogens (tertiary/aromatic N) is 3. The van der Waals surface area contributed by atoms with Crippen LogP contribution in [0.15, 0.2) is 41.3 Å². The molecule has 2 heterocycles. The number of hydrogen-bond acceptors (Lipinski definition) is 7. The third-order valence-electron chi connectivity index (χ3n) is 4.38. The Bertz CT molecular complexity index is 1120. The Morgan fingerprint density at radius 3 is 2.58 bits per heavy atom. The third kappa shape index (κ3) is 3.20. The number of nitrogens with two attached hydrogens (primary N) is 1. The van der Waals surface area contributed by atoms with E-state index in [0.29, 0.717) is 28.2 Å². The Labute approximate surface area is 151 Å².